The third kappa shape index (κ3) is 3.51. The largest absolute Gasteiger partial charge is 0.481 e. The van der Waals surface area contributed by atoms with Crippen LogP contribution in [0.25, 0.3) is 0 Å². The second-order valence-corrected chi connectivity index (χ2v) is 6.61. The van der Waals surface area contributed by atoms with Gasteiger partial charge in [0.25, 0.3) is 0 Å². The van der Waals surface area contributed by atoms with Crippen LogP contribution in [0.1, 0.15) is 68.9 Å². The predicted molar refractivity (Wildman–Crippen MR) is 82.7 cm³/mol. The van der Waals surface area contributed by atoms with E-state index in [1.807, 2.05) is 0 Å². The van der Waals surface area contributed by atoms with Crippen LogP contribution in [-0.4, -0.2) is 22.1 Å². The van der Waals surface area contributed by atoms with Crippen LogP contribution in [0.4, 0.5) is 5.13 Å². The molecule has 5 heteroatoms. The SMILES string of the molecule is CCCCC(CCC)Nc1nc2c(s1)CCC2C(=O)O. The highest BCUT2D eigenvalue weighted by Gasteiger charge is 2.32. The summed E-state index contributed by atoms with van der Waals surface area (Å²) >= 11 is 1.65. The van der Waals surface area contributed by atoms with Crippen molar-refractivity contribution in [1.29, 1.82) is 0 Å². The maximum Gasteiger partial charge on any atom is 0.312 e. The van der Waals surface area contributed by atoms with E-state index in [2.05, 4.69) is 24.1 Å². The Hall–Kier alpha value is -1.10. The smallest absolute Gasteiger partial charge is 0.312 e. The van der Waals surface area contributed by atoms with E-state index < -0.39 is 11.9 Å². The number of aliphatic carboxylic acids is 1. The number of hydrogen-bond donors (Lipinski definition) is 2. The normalized spacial score (nSPS) is 18.8. The van der Waals surface area contributed by atoms with Gasteiger partial charge in [-0.2, -0.15) is 0 Å². The number of fused-ring (bicyclic) bond motifs is 1. The van der Waals surface area contributed by atoms with E-state index in [0.717, 1.165) is 41.4 Å². The van der Waals surface area contributed by atoms with E-state index in [0.29, 0.717) is 12.5 Å². The molecule has 0 saturated heterocycles. The number of carboxylic acids is 1. The molecule has 0 aromatic carbocycles. The van der Waals surface area contributed by atoms with Gasteiger partial charge in [-0.15, -0.1) is 11.3 Å². The van der Waals surface area contributed by atoms with Gasteiger partial charge in [-0.1, -0.05) is 33.1 Å². The average molecular weight is 296 g/mol. The van der Waals surface area contributed by atoms with E-state index >= 15 is 0 Å². The lowest BCUT2D eigenvalue weighted by atomic mass is 10.1. The van der Waals surface area contributed by atoms with Gasteiger partial charge < -0.3 is 10.4 Å². The molecule has 0 bridgehead atoms. The monoisotopic (exact) mass is 296 g/mol. The number of aryl methyl sites for hydroxylation is 1. The lowest BCUT2D eigenvalue weighted by molar-refractivity contribution is -0.138. The van der Waals surface area contributed by atoms with Crippen molar-refractivity contribution in [1.82, 2.24) is 4.98 Å². The third-order valence-corrected chi connectivity index (χ3v) is 4.95. The summed E-state index contributed by atoms with van der Waals surface area (Å²) in [6, 6.07) is 0.467. The zero-order chi connectivity index (χ0) is 14.5. The Labute approximate surface area is 124 Å². The Morgan fingerprint density at radius 1 is 1.45 bits per heavy atom. The second kappa shape index (κ2) is 7.07. The highest BCUT2D eigenvalue weighted by molar-refractivity contribution is 7.15. The quantitative estimate of drug-likeness (QED) is 0.760. The summed E-state index contributed by atoms with van der Waals surface area (Å²) in [6.07, 6.45) is 7.46. The first-order valence-corrected chi connectivity index (χ1v) is 8.46. The van der Waals surface area contributed by atoms with Gasteiger partial charge in [0.15, 0.2) is 5.13 Å². The lowest BCUT2D eigenvalue weighted by Gasteiger charge is -2.17. The van der Waals surface area contributed by atoms with Crippen molar-refractivity contribution >= 4 is 22.4 Å². The van der Waals surface area contributed by atoms with Gasteiger partial charge in [0, 0.05) is 10.9 Å². The molecule has 0 amide bonds. The zero-order valence-corrected chi connectivity index (χ0v) is 13.1. The molecule has 1 heterocycles. The highest BCUT2D eigenvalue weighted by atomic mass is 32.1. The number of carbonyl (C=O) groups is 1. The molecule has 2 atom stereocenters. The second-order valence-electron chi connectivity index (χ2n) is 5.53. The fourth-order valence-corrected chi connectivity index (χ4v) is 3.91. The minimum Gasteiger partial charge on any atom is -0.481 e. The number of unbranched alkanes of at least 4 members (excludes halogenated alkanes) is 1. The molecule has 0 aliphatic heterocycles. The highest BCUT2D eigenvalue weighted by Crippen LogP contribution is 2.38. The Kier molecular flexibility index (Phi) is 5.40. The van der Waals surface area contributed by atoms with E-state index in [-0.39, 0.29) is 0 Å². The maximum absolute atomic E-state index is 11.2. The average Bonchev–Trinajstić information content (AvgIpc) is 2.95. The molecule has 2 rings (SSSR count). The molecule has 2 N–H and O–H groups in total. The van der Waals surface area contributed by atoms with Crippen molar-refractivity contribution in [3.05, 3.63) is 10.6 Å². The molecule has 0 fully saturated rings. The minimum atomic E-state index is -0.739. The van der Waals surface area contributed by atoms with Crippen LogP contribution in [0.2, 0.25) is 0 Å². The number of anilines is 1. The van der Waals surface area contributed by atoms with Gasteiger partial charge in [0.2, 0.25) is 0 Å². The minimum absolute atomic E-state index is 0.392. The number of hydrogen-bond acceptors (Lipinski definition) is 4. The van der Waals surface area contributed by atoms with Crippen LogP contribution in [0, 0.1) is 0 Å². The van der Waals surface area contributed by atoms with Crippen molar-refractivity contribution in [2.24, 2.45) is 0 Å². The van der Waals surface area contributed by atoms with Crippen LogP contribution in [0.15, 0.2) is 0 Å². The molecule has 1 aliphatic rings. The first-order chi connectivity index (χ1) is 9.65. The predicted octanol–water partition coefficient (Wildman–Crippen LogP) is 4.03. The molecule has 1 aromatic heterocycles. The first-order valence-electron chi connectivity index (χ1n) is 7.64. The van der Waals surface area contributed by atoms with Crippen LogP contribution in [0.3, 0.4) is 0 Å². The van der Waals surface area contributed by atoms with Crippen molar-refractivity contribution in [2.75, 3.05) is 5.32 Å². The number of rotatable bonds is 8. The van der Waals surface area contributed by atoms with Gasteiger partial charge in [-0.3, -0.25) is 4.79 Å². The molecular weight excluding hydrogens is 272 g/mol. The summed E-state index contributed by atoms with van der Waals surface area (Å²) in [7, 11) is 0. The molecule has 20 heavy (non-hydrogen) atoms. The lowest BCUT2D eigenvalue weighted by Crippen LogP contribution is -2.19. The summed E-state index contributed by atoms with van der Waals surface area (Å²) in [5.41, 5.74) is 0.802. The molecular formula is C15H24N2O2S. The number of thiazole rings is 1. The van der Waals surface area contributed by atoms with Gasteiger partial charge >= 0.3 is 5.97 Å². The van der Waals surface area contributed by atoms with Crippen molar-refractivity contribution in [3.63, 3.8) is 0 Å². The van der Waals surface area contributed by atoms with Crippen LogP contribution >= 0.6 is 11.3 Å². The third-order valence-electron chi connectivity index (χ3n) is 3.89. The van der Waals surface area contributed by atoms with E-state index in [9.17, 15) is 9.90 Å². The summed E-state index contributed by atoms with van der Waals surface area (Å²) in [6.45, 7) is 4.40. The number of nitrogens with one attached hydrogen (secondary N) is 1. The standard InChI is InChI=1S/C15H24N2O2S/c1-3-5-7-10(6-4-2)16-15-17-13-11(14(18)19)8-9-12(13)20-15/h10-11H,3-9H2,1-2H3,(H,16,17)(H,18,19). The van der Waals surface area contributed by atoms with Gasteiger partial charge in [-0.25, -0.2) is 4.98 Å². The fraction of sp³-hybridized carbons (Fsp3) is 0.733. The number of carboxylic acid groups (broad SMARTS) is 1. The first kappa shape index (κ1) is 15.3. The van der Waals surface area contributed by atoms with Gasteiger partial charge in [-0.05, 0) is 25.7 Å². The van der Waals surface area contributed by atoms with Crippen LogP contribution in [-0.2, 0) is 11.2 Å². The Morgan fingerprint density at radius 3 is 2.90 bits per heavy atom. The molecule has 0 radical (unpaired) electrons. The molecule has 2 unspecified atom stereocenters. The summed E-state index contributed by atoms with van der Waals surface area (Å²) in [5.74, 6) is -1.13. The molecule has 4 nitrogen and oxygen atoms in total. The van der Waals surface area contributed by atoms with Crippen LogP contribution in [0.5, 0.6) is 0 Å². The molecule has 1 aromatic rings. The van der Waals surface area contributed by atoms with Gasteiger partial charge in [0.05, 0.1) is 5.69 Å². The summed E-state index contributed by atoms with van der Waals surface area (Å²) in [4.78, 5) is 16.9. The molecule has 0 saturated carbocycles. The Morgan fingerprint density at radius 2 is 2.25 bits per heavy atom. The van der Waals surface area contributed by atoms with Crippen molar-refractivity contribution in [2.45, 2.75) is 70.8 Å². The topological polar surface area (TPSA) is 62.2 Å². The summed E-state index contributed by atoms with van der Waals surface area (Å²) in [5, 5.41) is 13.6. The maximum atomic E-state index is 11.2. The van der Waals surface area contributed by atoms with Crippen LogP contribution < -0.4 is 5.32 Å². The van der Waals surface area contributed by atoms with Crippen molar-refractivity contribution < 1.29 is 9.90 Å². The number of aromatic nitrogens is 1. The fourth-order valence-electron chi connectivity index (χ4n) is 2.79. The molecule has 0 spiro atoms. The van der Waals surface area contributed by atoms with Crippen molar-refractivity contribution in [3.8, 4) is 0 Å². The Balaban J connectivity index is 2.03. The zero-order valence-electron chi connectivity index (χ0n) is 12.3. The van der Waals surface area contributed by atoms with Gasteiger partial charge in [0.1, 0.15) is 5.92 Å². The van der Waals surface area contributed by atoms with E-state index in [4.69, 9.17) is 0 Å². The van der Waals surface area contributed by atoms with E-state index in [1.54, 1.807) is 11.3 Å². The Bertz CT molecular complexity index is 459. The number of nitrogens with zero attached hydrogens (tertiary/aromatic N) is 1. The summed E-state index contributed by atoms with van der Waals surface area (Å²) < 4.78 is 0. The molecule has 112 valence electrons. The molecule has 1 aliphatic carbocycles. The van der Waals surface area contributed by atoms with E-state index in [1.165, 1.54) is 12.8 Å².